The van der Waals surface area contributed by atoms with Crippen LogP contribution in [-0.2, 0) is 4.74 Å². The lowest BCUT2D eigenvalue weighted by Gasteiger charge is -2.11. The van der Waals surface area contributed by atoms with E-state index < -0.39 is 0 Å². The van der Waals surface area contributed by atoms with E-state index >= 15 is 0 Å². The highest BCUT2D eigenvalue weighted by Crippen LogP contribution is 2.34. The Morgan fingerprint density at radius 1 is 1.20 bits per heavy atom. The van der Waals surface area contributed by atoms with E-state index in [-0.39, 0.29) is 5.92 Å². The van der Waals surface area contributed by atoms with Crippen molar-refractivity contribution in [3.8, 4) is 11.1 Å². The Morgan fingerprint density at radius 3 is 2.55 bits per heavy atom. The molecule has 0 radical (unpaired) electrons. The molecule has 20 heavy (non-hydrogen) atoms. The Bertz CT molecular complexity index is 617. The maximum Gasteiger partial charge on any atom is 0.142 e. The molecular formula is C15H14Cl2N2O. The highest BCUT2D eigenvalue weighted by atomic mass is 35.5. The zero-order valence-electron chi connectivity index (χ0n) is 11.1. The number of aryl methyl sites for hydroxylation is 1. The van der Waals surface area contributed by atoms with Crippen LogP contribution >= 0.6 is 23.2 Å². The summed E-state index contributed by atoms with van der Waals surface area (Å²) in [5.74, 6) is 0.866. The van der Waals surface area contributed by atoms with Crippen molar-refractivity contribution in [2.24, 2.45) is 0 Å². The highest BCUT2D eigenvalue weighted by molar-refractivity contribution is 6.37. The fourth-order valence-corrected chi connectivity index (χ4v) is 3.00. The van der Waals surface area contributed by atoms with Crippen molar-refractivity contribution < 1.29 is 4.74 Å². The summed E-state index contributed by atoms with van der Waals surface area (Å²) >= 11 is 12.6. The Kier molecular flexibility index (Phi) is 3.92. The van der Waals surface area contributed by atoms with E-state index in [2.05, 4.69) is 9.97 Å². The molecule has 3 nitrogen and oxygen atoms in total. The van der Waals surface area contributed by atoms with Gasteiger partial charge in [0.15, 0.2) is 0 Å². The molecule has 1 unspecified atom stereocenters. The molecule has 1 aliphatic heterocycles. The van der Waals surface area contributed by atoms with Gasteiger partial charge in [0.05, 0.1) is 12.2 Å². The van der Waals surface area contributed by atoms with Crippen LogP contribution in [0.3, 0.4) is 0 Å². The first-order valence-electron chi connectivity index (χ1n) is 6.53. The molecular weight excluding hydrogens is 295 g/mol. The molecule has 0 aliphatic carbocycles. The number of benzene rings is 1. The highest BCUT2D eigenvalue weighted by Gasteiger charge is 2.23. The lowest BCUT2D eigenvalue weighted by Crippen LogP contribution is -2.05. The SMILES string of the molecule is Cc1cccc(-c2c(Cl)nc(C3CCOC3)nc2Cl)c1. The van der Waals surface area contributed by atoms with Crippen LogP contribution in [0.2, 0.25) is 10.3 Å². The topological polar surface area (TPSA) is 35.0 Å². The third-order valence-corrected chi connectivity index (χ3v) is 3.99. The average Bonchev–Trinajstić information content (AvgIpc) is 2.91. The van der Waals surface area contributed by atoms with E-state index in [0.29, 0.717) is 28.3 Å². The van der Waals surface area contributed by atoms with Crippen LogP contribution < -0.4 is 0 Å². The van der Waals surface area contributed by atoms with Crippen LogP contribution in [0.4, 0.5) is 0 Å². The summed E-state index contributed by atoms with van der Waals surface area (Å²) in [6.07, 6.45) is 0.913. The van der Waals surface area contributed by atoms with E-state index in [0.717, 1.165) is 24.2 Å². The van der Waals surface area contributed by atoms with Gasteiger partial charge in [-0.3, -0.25) is 0 Å². The van der Waals surface area contributed by atoms with Gasteiger partial charge in [-0.15, -0.1) is 0 Å². The number of halogens is 2. The molecule has 1 aromatic heterocycles. The molecule has 2 heterocycles. The average molecular weight is 309 g/mol. The maximum atomic E-state index is 6.32. The van der Waals surface area contributed by atoms with Crippen molar-refractivity contribution in [1.29, 1.82) is 0 Å². The third kappa shape index (κ3) is 2.66. The van der Waals surface area contributed by atoms with Crippen LogP contribution in [0, 0.1) is 6.92 Å². The zero-order valence-corrected chi connectivity index (χ0v) is 12.6. The second-order valence-corrected chi connectivity index (χ2v) is 5.68. The molecule has 1 aliphatic rings. The normalized spacial score (nSPS) is 18.4. The Morgan fingerprint density at radius 2 is 1.95 bits per heavy atom. The molecule has 0 amide bonds. The standard InChI is InChI=1S/C15H14Cl2N2O/c1-9-3-2-4-10(7-9)12-13(16)18-15(19-14(12)17)11-5-6-20-8-11/h2-4,7,11H,5-6,8H2,1H3. The summed E-state index contributed by atoms with van der Waals surface area (Å²) in [5.41, 5.74) is 2.77. The summed E-state index contributed by atoms with van der Waals surface area (Å²) in [6.45, 7) is 3.40. The second kappa shape index (κ2) is 5.68. The van der Waals surface area contributed by atoms with E-state index in [1.807, 2.05) is 31.2 Å². The first kappa shape index (κ1) is 13.8. The van der Waals surface area contributed by atoms with Crippen molar-refractivity contribution in [1.82, 2.24) is 9.97 Å². The van der Waals surface area contributed by atoms with Crippen molar-refractivity contribution in [3.05, 3.63) is 46.0 Å². The fourth-order valence-electron chi connectivity index (χ4n) is 2.38. The smallest absolute Gasteiger partial charge is 0.142 e. The first-order chi connectivity index (χ1) is 9.65. The summed E-state index contributed by atoms with van der Waals surface area (Å²) < 4.78 is 5.36. The molecule has 1 fully saturated rings. The van der Waals surface area contributed by atoms with Gasteiger partial charge in [-0.1, -0.05) is 53.0 Å². The largest absolute Gasteiger partial charge is 0.381 e. The summed E-state index contributed by atoms with van der Waals surface area (Å²) in [4.78, 5) is 8.82. The number of hydrogen-bond acceptors (Lipinski definition) is 3. The summed E-state index contributed by atoms with van der Waals surface area (Å²) in [5, 5.41) is 0.801. The number of ether oxygens (including phenoxy) is 1. The predicted octanol–water partition coefficient (Wildman–Crippen LogP) is 4.26. The van der Waals surface area contributed by atoms with Crippen LogP contribution in [0.15, 0.2) is 24.3 Å². The monoisotopic (exact) mass is 308 g/mol. The van der Waals surface area contributed by atoms with Crippen molar-refractivity contribution in [3.63, 3.8) is 0 Å². The molecule has 2 aromatic rings. The minimum Gasteiger partial charge on any atom is -0.381 e. The molecule has 1 atom stereocenters. The minimum absolute atomic E-state index is 0.191. The van der Waals surface area contributed by atoms with Crippen molar-refractivity contribution in [2.75, 3.05) is 13.2 Å². The molecule has 0 spiro atoms. The van der Waals surface area contributed by atoms with Gasteiger partial charge in [-0.2, -0.15) is 0 Å². The molecule has 1 saturated heterocycles. The second-order valence-electron chi connectivity index (χ2n) is 4.97. The van der Waals surface area contributed by atoms with Gasteiger partial charge in [0.1, 0.15) is 16.1 Å². The molecule has 0 bridgehead atoms. The van der Waals surface area contributed by atoms with E-state index in [1.54, 1.807) is 0 Å². The van der Waals surface area contributed by atoms with Gasteiger partial charge in [-0.25, -0.2) is 9.97 Å². The molecule has 1 aromatic carbocycles. The number of nitrogens with zero attached hydrogens (tertiary/aromatic N) is 2. The first-order valence-corrected chi connectivity index (χ1v) is 7.28. The Hall–Kier alpha value is -1.16. The predicted molar refractivity (Wildman–Crippen MR) is 80.4 cm³/mol. The van der Waals surface area contributed by atoms with Crippen molar-refractivity contribution >= 4 is 23.2 Å². The van der Waals surface area contributed by atoms with Gasteiger partial charge in [0.25, 0.3) is 0 Å². The fraction of sp³-hybridized carbons (Fsp3) is 0.333. The van der Waals surface area contributed by atoms with Gasteiger partial charge < -0.3 is 4.74 Å². The van der Waals surface area contributed by atoms with Gasteiger partial charge >= 0.3 is 0 Å². The van der Waals surface area contributed by atoms with Gasteiger partial charge in [0, 0.05) is 12.5 Å². The number of rotatable bonds is 2. The van der Waals surface area contributed by atoms with Gasteiger partial charge in [-0.05, 0) is 18.9 Å². The van der Waals surface area contributed by atoms with E-state index in [9.17, 15) is 0 Å². The Balaban J connectivity index is 2.04. The molecule has 0 saturated carbocycles. The maximum absolute atomic E-state index is 6.32. The quantitative estimate of drug-likeness (QED) is 0.777. The molecule has 3 rings (SSSR count). The zero-order chi connectivity index (χ0) is 14.1. The number of hydrogen-bond donors (Lipinski definition) is 0. The van der Waals surface area contributed by atoms with Crippen LogP contribution in [0.1, 0.15) is 23.7 Å². The molecule has 5 heteroatoms. The van der Waals surface area contributed by atoms with Crippen LogP contribution in [-0.4, -0.2) is 23.2 Å². The molecule has 104 valence electrons. The van der Waals surface area contributed by atoms with Crippen LogP contribution in [0.5, 0.6) is 0 Å². The lowest BCUT2D eigenvalue weighted by molar-refractivity contribution is 0.193. The third-order valence-electron chi connectivity index (χ3n) is 3.44. The minimum atomic E-state index is 0.191. The Labute approximate surface area is 127 Å². The lowest BCUT2D eigenvalue weighted by atomic mass is 10.1. The summed E-state index contributed by atoms with van der Waals surface area (Å²) in [6, 6.07) is 7.98. The molecule has 0 N–H and O–H groups in total. The number of aromatic nitrogens is 2. The van der Waals surface area contributed by atoms with Crippen molar-refractivity contribution in [2.45, 2.75) is 19.3 Å². The van der Waals surface area contributed by atoms with E-state index in [4.69, 9.17) is 27.9 Å². The van der Waals surface area contributed by atoms with Gasteiger partial charge in [0.2, 0.25) is 0 Å². The summed E-state index contributed by atoms with van der Waals surface area (Å²) in [7, 11) is 0. The van der Waals surface area contributed by atoms with Crippen LogP contribution in [0.25, 0.3) is 11.1 Å². The van der Waals surface area contributed by atoms with E-state index in [1.165, 1.54) is 0 Å².